The first kappa shape index (κ1) is 8.01. The van der Waals surface area contributed by atoms with Gasteiger partial charge in [-0.15, -0.1) is 0 Å². The van der Waals surface area contributed by atoms with Crippen LogP contribution in [0.3, 0.4) is 0 Å². The number of hydrogen-bond donors (Lipinski definition) is 1. The maximum Gasteiger partial charge on any atom is 0.155 e. The van der Waals surface area contributed by atoms with Crippen molar-refractivity contribution in [1.82, 2.24) is 0 Å². The van der Waals surface area contributed by atoms with Crippen molar-refractivity contribution in [3.05, 3.63) is 24.0 Å². The molecule has 0 saturated carbocycles. The number of ether oxygens (including phenoxy) is 1. The third kappa shape index (κ3) is 1.68. The molecule has 0 saturated heterocycles. The van der Waals surface area contributed by atoms with Crippen LogP contribution in [0.1, 0.15) is 6.92 Å². The minimum Gasteiger partial charge on any atom is -0.497 e. The molecule has 0 spiro atoms. The lowest BCUT2D eigenvalue weighted by atomic mass is 9.97. The number of aliphatic hydroxyl groups is 1. The van der Waals surface area contributed by atoms with Crippen LogP contribution in [0.5, 0.6) is 0 Å². The Morgan fingerprint density at radius 3 is 3.00 bits per heavy atom. The van der Waals surface area contributed by atoms with Crippen LogP contribution in [0.15, 0.2) is 24.0 Å². The van der Waals surface area contributed by atoms with E-state index in [4.69, 9.17) is 4.74 Å². The molecule has 3 heteroatoms. The van der Waals surface area contributed by atoms with Gasteiger partial charge in [-0.3, -0.25) is 4.79 Å². The highest BCUT2D eigenvalue weighted by Gasteiger charge is 2.25. The third-order valence-electron chi connectivity index (χ3n) is 1.59. The topological polar surface area (TPSA) is 46.5 Å². The lowest BCUT2D eigenvalue weighted by Crippen LogP contribution is -2.31. The molecule has 1 N–H and O–H groups in total. The van der Waals surface area contributed by atoms with E-state index in [-0.39, 0.29) is 6.61 Å². The molecular formula is C8H10O3. The molecule has 60 valence electrons. The first-order valence-electron chi connectivity index (χ1n) is 3.33. The van der Waals surface area contributed by atoms with Crippen molar-refractivity contribution in [1.29, 1.82) is 0 Å². The Kier molecular flexibility index (Phi) is 2.10. The van der Waals surface area contributed by atoms with Crippen LogP contribution in [0, 0.1) is 0 Å². The van der Waals surface area contributed by atoms with E-state index in [0.29, 0.717) is 11.9 Å². The zero-order chi connectivity index (χ0) is 8.32. The van der Waals surface area contributed by atoms with Crippen LogP contribution in [-0.4, -0.2) is 23.6 Å². The Labute approximate surface area is 65.0 Å². The minimum absolute atomic E-state index is 0.280. The van der Waals surface area contributed by atoms with Gasteiger partial charge in [0.1, 0.15) is 12.2 Å². The van der Waals surface area contributed by atoms with Crippen molar-refractivity contribution in [3.8, 4) is 0 Å². The Morgan fingerprint density at radius 1 is 1.82 bits per heavy atom. The van der Waals surface area contributed by atoms with E-state index in [9.17, 15) is 9.90 Å². The number of allylic oxidation sites excluding steroid dienone is 2. The van der Waals surface area contributed by atoms with Gasteiger partial charge < -0.3 is 9.84 Å². The highest BCUT2D eigenvalue weighted by Crippen LogP contribution is 2.16. The van der Waals surface area contributed by atoms with E-state index < -0.39 is 5.60 Å². The van der Waals surface area contributed by atoms with Crippen molar-refractivity contribution in [2.24, 2.45) is 0 Å². The lowest BCUT2D eigenvalue weighted by Gasteiger charge is -2.20. The van der Waals surface area contributed by atoms with E-state index in [1.807, 2.05) is 0 Å². The normalized spacial score (nSPS) is 21.5. The van der Waals surface area contributed by atoms with E-state index >= 15 is 0 Å². The maximum atomic E-state index is 10.4. The van der Waals surface area contributed by atoms with Gasteiger partial charge in [-0.05, 0) is 13.0 Å². The fourth-order valence-corrected chi connectivity index (χ4v) is 0.788. The summed E-state index contributed by atoms with van der Waals surface area (Å²) in [5.74, 6) is 0. The summed E-state index contributed by atoms with van der Waals surface area (Å²) >= 11 is 0. The fraction of sp³-hybridized carbons (Fsp3) is 0.375. The first-order valence-corrected chi connectivity index (χ1v) is 3.33. The molecule has 1 rings (SSSR count). The maximum absolute atomic E-state index is 10.4. The number of rotatable bonds is 2. The molecule has 0 aromatic rings. The van der Waals surface area contributed by atoms with E-state index in [1.54, 1.807) is 12.2 Å². The Bertz CT molecular complexity index is 213. The van der Waals surface area contributed by atoms with Crippen molar-refractivity contribution >= 4 is 6.29 Å². The highest BCUT2D eigenvalue weighted by molar-refractivity contribution is 5.67. The van der Waals surface area contributed by atoms with Gasteiger partial charge in [0.2, 0.25) is 0 Å². The van der Waals surface area contributed by atoms with Crippen LogP contribution in [0.25, 0.3) is 0 Å². The van der Waals surface area contributed by atoms with Gasteiger partial charge in [0.25, 0.3) is 0 Å². The van der Waals surface area contributed by atoms with Crippen LogP contribution in [0.4, 0.5) is 0 Å². The van der Waals surface area contributed by atoms with Crippen LogP contribution in [0.2, 0.25) is 0 Å². The van der Waals surface area contributed by atoms with Crippen LogP contribution >= 0.6 is 0 Å². The number of aldehydes is 1. The Balaban J connectivity index is 2.80. The zero-order valence-electron chi connectivity index (χ0n) is 6.28. The standard InChI is InChI=1S/C8H10O3/c1-8(10,6-9)7-3-2-4-11-5-7/h2-4,6,10H,5H2,1H3. The molecule has 1 heterocycles. The molecule has 0 bridgehead atoms. The Hall–Kier alpha value is -1.09. The molecule has 1 aliphatic rings. The molecule has 0 fully saturated rings. The van der Waals surface area contributed by atoms with E-state index in [1.165, 1.54) is 13.2 Å². The molecule has 1 unspecified atom stereocenters. The molecule has 0 aliphatic carbocycles. The SMILES string of the molecule is CC(O)(C=O)C1=CC=COC1. The molecule has 11 heavy (non-hydrogen) atoms. The summed E-state index contributed by atoms with van der Waals surface area (Å²) in [6.07, 6.45) is 5.35. The second-order valence-electron chi connectivity index (χ2n) is 2.60. The lowest BCUT2D eigenvalue weighted by molar-refractivity contribution is -0.119. The fourth-order valence-electron chi connectivity index (χ4n) is 0.788. The zero-order valence-corrected chi connectivity index (χ0v) is 6.28. The summed E-state index contributed by atoms with van der Waals surface area (Å²) in [5, 5.41) is 9.40. The molecule has 0 aromatic heterocycles. The van der Waals surface area contributed by atoms with Crippen molar-refractivity contribution in [2.75, 3.05) is 6.61 Å². The van der Waals surface area contributed by atoms with Gasteiger partial charge in [-0.2, -0.15) is 0 Å². The second kappa shape index (κ2) is 2.88. The van der Waals surface area contributed by atoms with Crippen molar-refractivity contribution in [2.45, 2.75) is 12.5 Å². The summed E-state index contributed by atoms with van der Waals surface area (Å²) in [4.78, 5) is 10.4. The molecule has 0 amide bonds. The molecular weight excluding hydrogens is 144 g/mol. The average Bonchev–Trinajstić information content (AvgIpc) is 2.06. The number of carbonyl (C=O) groups is 1. The van der Waals surface area contributed by atoms with Crippen LogP contribution < -0.4 is 0 Å². The van der Waals surface area contributed by atoms with Gasteiger partial charge in [0.15, 0.2) is 6.29 Å². The van der Waals surface area contributed by atoms with Crippen molar-refractivity contribution in [3.63, 3.8) is 0 Å². The smallest absolute Gasteiger partial charge is 0.155 e. The quantitative estimate of drug-likeness (QED) is 0.586. The molecule has 0 aromatic carbocycles. The van der Waals surface area contributed by atoms with E-state index in [0.717, 1.165) is 0 Å². The first-order chi connectivity index (χ1) is 5.17. The summed E-state index contributed by atoms with van der Waals surface area (Å²) < 4.78 is 4.90. The molecule has 3 nitrogen and oxygen atoms in total. The van der Waals surface area contributed by atoms with Gasteiger partial charge in [-0.25, -0.2) is 0 Å². The largest absolute Gasteiger partial charge is 0.497 e. The van der Waals surface area contributed by atoms with Gasteiger partial charge in [0.05, 0.1) is 6.26 Å². The monoisotopic (exact) mass is 154 g/mol. The third-order valence-corrected chi connectivity index (χ3v) is 1.59. The molecule has 0 radical (unpaired) electrons. The van der Waals surface area contributed by atoms with Gasteiger partial charge in [-0.1, -0.05) is 6.08 Å². The average molecular weight is 154 g/mol. The van der Waals surface area contributed by atoms with Crippen molar-refractivity contribution < 1.29 is 14.6 Å². The summed E-state index contributed by atoms with van der Waals surface area (Å²) in [7, 11) is 0. The summed E-state index contributed by atoms with van der Waals surface area (Å²) in [6, 6.07) is 0. The number of carbonyl (C=O) groups excluding carboxylic acids is 1. The summed E-state index contributed by atoms with van der Waals surface area (Å²) in [6.45, 7) is 1.72. The minimum atomic E-state index is -1.38. The summed E-state index contributed by atoms with van der Waals surface area (Å²) in [5.41, 5.74) is -0.805. The second-order valence-corrected chi connectivity index (χ2v) is 2.60. The number of hydrogen-bond acceptors (Lipinski definition) is 3. The molecule has 1 atom stereocenters. The van der Waals surface area contributed by atoms with Crippen LogP contribution in [-0.2, 0) is 9.53 Å². The molecule has 1 aliphatic heterocycles. The van der Waals surface area contributed by atoms with Gasteiger partial charge in [0, 0.05) is 5.57 Å². The van der Waals surface area contributed by atoms with E-state index in [2.05, 4.69) is 0 Å². The Morgan fingerprint density at radius 2 is 2.55 bits per heavy atom. The predicted molar refractivity (Wildman–Crippen MR) is 39.9 cm³/mol. The van der Waals surface area contributed by atoms with Gasteiger partial charge >= 0.3 is 0 Å². The highest BCUT2D eigenvalue weighted by atomic mass is 16.5. The predicted octanol–water partition coefficient (Wildman–Crippen LogP) is 0.407.